The van der Waals surface area contributed by atoms with Gasteiger partial charge in [0.25, 0.3) is 5.87 Å². The van der Waals surface area contributed by atoms with Gasteiger partial charge in [-0.2, -0.15) is 0 Å². The van der Waals surface area contributed by atoms with Crippen molar-refractivity contribution in [2.75, 3.05) is 0 Å². The molecule has 0 radical (unpaired) electrons. The Morgan fingerprint density at radius 2 is 2.40 bits per heavy atom. The molecule has 0 saturated heterocycles. The summed E-state index contributed by atoms with van der Waals surface area (Å²) < 4.78 is 0. The molecule has 0 aliphatic carbocycles. The number of allylic oxidation sites excluding steroid dienone is 1. The number of nitrogens with zero attached hydrogens (tertiary/aromatic N) is 2. The molecule has 0 spiro atoms. The van der Waals surface area contributed by atoms with E-state index in [9.17, 15) is 0 Å². The molecule has 0 saturated carbocycles. The van der Waals surface area contributed by atoms with E-state index in [2.05, 4.69) is 24.5 Å². The molecule has 1 atom stereocenters. The average molecular weight is 138 g/mol. The molecule has 2 nitrogen and oxygen atoms in total. The van der Waals surface area contributed by atoms with E-state index >= 15 is 0 Å². The molecule has 2 heteroatoms. The van der Waals surface area contributed by atoms with Gasteiger partial charge in [0.1, 0.15) is 0 Å². The van der Waals surface area contributed by atoms with Crippen LogP contribution in [0.4, 0.5) is 0 Å². The molecule has 1 unspecified atom stereocenters. The van der Waals surface area contributed by atoms with Crippen molar-refractivity contribution in [3.05, 3.63) is 11.6 Å². The minimum Gasteiger partial charge on any atom is -0.348 e. The minimum absolute atomic E-state index is 0.680. The summed E-state index contributed by atoms with van der Waals surface area (Å²) in [6, 6.07) is 0. The molecule has 0 heterocycles. The van der Waals surface area contributed by atoms with E-state index < -0.39 is 0 Å². The van der Waals surface area contributed by atoms with Gasteiger partial charge in [0, 0.05) is 6.08 Å². The Morgan fingerprint density at radius 1 is 1.70 bits per heavy atom. The van der Waals surface area contributed by atoms with Gasteiger partial charge < -0.3 is 5.53 Å². The summed E-state index contributed by atoms with van der Waals surface area (Å²) in [4.78, 5) is 2.76. The molecular formula is C8H14N2. The van der Waals surface area contributed by atoms with E-state index in [-0.39, 0.29) is 0 Å². The molecular weight excluding hydrogens is 124 g/mol. The van der Waals surface area contributed by atoms with Crippen LogP contribution >= 0.6 is 0 Å². The first-order valence-corrected chi connectivity index (χ1v) is 3.72. The maximum absolute atomic E-state index is 7.99. The molecule has 0 aromatic heterocycles. The highest BCUT2D eigenvalue weighted by atomic mass is 14.8. The molecule has 0 aliphatic heterocycles. The first-order valence-electron chi connectivity index (χ1n) is 3.72. The Labute approximate surface area is 62.2 Å². The van der Waals surface area contributed by atoms with E-state index in [1.165, 1.54) is 12.8 Å². The molecule has 0 fully saturated rings. The highest BCUT2D eigenvalue weighted by molar-refractivity contribution is 5.44. The van der Waals surface area contributed by atoms with Crippen molar-refractivity contribution in [3.63, 3.8) is 0 Å². The lowest BCUT2D eigenvalue weighted by Gasteiger charge is -2.02. The Morgan fingerprint density at radius 3 is 2.90 bits per heavy atom. The zero-order valence-electron chi connectivity index (χ0n) is 6.67. The Balaban J connectivity index is 3.48. The first-order chi connectivity index (χ1) is 4.81. The standard InChI is InChI=1S/C8H14N2/c1-3-5-8(2)6-4-7-10-9/h4,8H,3,5-6H2,1-2H3. The van der Waals surface area contributed by atoms with Crippen molar-refractivity contribution < 1.29 is 4.79 Å². The molecule has 0 bridgehead atoms. The van der Waals surface area contributed by atoms with Crippen LogP contribution < -0.4 is 0 Å². The van der Waals surface area contributed by atoms with Crippen LogP contribution in [0.15, 0.2) is 6.08 Å². The van der Waals surface area contributed by atoms with Crippen molar-refractivity contribution >= 4 is 5.87 Å². The second-order valence-electron chi connectivity index (χ2n) is 2.56. The van der Waals surface area contributed by atoms with Crippen molar-refractivity contribution in [1.29, 1.82) is 0 Å². The van der Waals surface area contributed by atoms with Gasteiger partial charge in [0.2, 0.25) is 0 Å². The average Bonchev–Trinajstić information content (AvgIpc) is 1.89. The smallest absolute Gasteiger partial charge is 0.295 e. The summed E-state index contributed by atoms with van der Waals surface area (Å²) in [5, 5.41) is 0. The molecule has 0 aliphatic rings. The third-order valence-electron chi connectivity index (χ3n) is 1.45. The Hall–Kier alpha value is -0.840. The van der Waals surface area contributed by atoms with Gasteiger partial charge in [0.15, 0.2) is 0 Å². The molecule has 0 N–H and O–H groups in total. The maximum Gasteiger partial charge on any atom is 0.295 e. The Kier molecular flexibility index (Phi) is 5.75. The van der Waals surface area contributed by atoms with Crippen molar-refractivity contribution in [2.45, 2.75) is 33.1 Å². The highest BCUT2D eigenvalue weighted by Gasteiger charge is 1.96. The lowest BCUT2D eigenvalue weighted by molar-refractivity contribution is 0.00779. The Bertz CT molecular complexity index is 151. The summed E-state index contributed by atoms with van der Waals surface area (Å²) in [6.07, 6.45) is 5.16. The number of hydrogen-bond donors (Lipinski definition) is 0. The summed E-state index contributed by atoms with van der Waals surface area (Å²) >= 11 is 0. The zero-order valence-corrected chi connectivity index (χ0v) is 6.67. The van der Waals surface area contributed by atoms with Crippen LogP contribution in [0.2, 0.25) is 0 Å². The van der Waals surface area contributed by atoms with Gasteiger partial charge in [-0.3, -0.25) is 0 Å². The molecule has 0 aromatic rings. The fraction of sp³-hybridized carbons (Fsp3) is 0.750. The molecule has 0 aromatic carbocycles. The largest absolute Gasteiger partial charge is 0.348 e. The lowest BCUT2D eigenvalue weighted by atomic mass is 10.0. The van der Waals surface area contributed by atoms with Crippen molar-refractivity contribution in [3.8, 4) is 0 Å². The van der Waals surface area contributed by atoms with E-state index in [4.69, 9.17) is 5.53 Å². The van der Waals surface area contributed by atoms with E-state index in [0.29, 0.717) is 5.92 Å². The van der Waals surface area contributed by atoms with Crippen LogP contribution in [0.1, 0.15) is 33.1 Å². The molecule has 0 rings (SSSR count). The zero-order chi connectivity index (χ0) is 7.82. The summed E-state index contributed by atoms with van der Waals surface area (Å²) in [5.41, 5.74) is 7.99. The van der Waals surface area contributed by atoms with E-state index in [1.54, 1.807) is 6.08 Å². The monoisotopic (exact) mass is 138 g/mol. The van der Waals surface area contributed by atoms with Crippen LogP contribution in [0.5, 0.6) is 0 Å². The van der Waals surface area contributed by atoms with E-state index in [1.807, 2.05) is 0 Å². The normalized spacial score (nSPS) is 11.4. The maximum atomic E-state index is 7.99. The second kappa shape index (κ2) is 6.28. The van der Waals surface area contributed by atoms with Gasteiger partial charge in [0.05, 0.1) is 0 Å². The summed E-state index contributed by atoms with van der Waals surface area (Å²) in [6.45, 7) is 4.35. The first kappa shape index (κ1) is 9.16. The fourth-order valence-electron chi connectivity index (χ4n) is 0.905. The highest BCUT2D eigenvalue weighted by Crippen LogP contribution is 2.08. The fourth-order valence-corrected chi connectivity index (χ4v) is 0.905. The van der Waals surface area contributed by atoms with Gasteiger partial charge in [-0.1, -0.05) is 26.7 Å². The van der Waals surface area contributed by atoms with Gasteiger partial charge >= 0.3 is 0 Å². The van der Waals surface area contributed by atoms with Crippen LogP contribution in [0.3, 0.4) is 0 Å². The molecule has 0 amide bonds. The molecule has 10 heavy (non-hydrogen) atoms. The lowest BCUT2D eigenvalue weighted by Crippen LogP contribution is -1.90. The third-order valence-corrected chi connectivity index (χ3v) is 1.45. The van der Waals surface area contributed by atoms with E-state index in [0.717, 1.165) is 6.42 Å². The van der Waals surface area contributed by atoms with Gasteiger partial charge in [-0.05, 0) is 12.3 Å². The number of rotatable bonds is 4. The minimum atomic E-state index is 0.680. The van der Waals surface area contributed by atoms with Gasteiger partial charge in [-0.15, -0.1) is 4.79 Å². The second-order valence-corrected chi connectivity index (χ2v) is 2.56. The quantitative estimate of drug-likeness (QED) is 0.324. The van der Waals surface area contributed by atoms with Crippen molar-refractivity contribution in [1.82, 2.24) is 0 Å². The summed E-state index contributed by atoms with van der Waals surface area (Å²) in [7, 11) is 0. The predicted molar refractivity (Wildman–Crippen MR) is 41.9 cm³/mol. The van der Waals surface area contributed by atoms with Crippen molar-refractivity contribution in [2.24, 2.45) is 5.92 Å². The van der Waals surface area contributed by atoms with Crippen LogP contribution in [0.25, 0.3) is 5.53 Å². The predicted octanol–water partition coefficient (Wildman–Crippen LogP) is 2.27. The number of hydrogen-bond acceptors (Lipinski definition) is 0. The SMILES string of the molecule is CCCC(C)CC=C=[N+]=[N-]. The van der Waals surface area contributed by atoms with Gasteiger partial charge in [-0.25, -0.2) is 0 Å². The van der Waals surface area contributed by atoms with Crippen LogP contribution in [-0.2, 0) is 0 Å². The third kappa shape index (κ3) is 5.30. The topological polar surface area (TPSA) is 36.4 Å². The van der Waals surface area contributed by atoms with Crippen LogP contribution in [-0.4, -0.2) is 10.7 Å². The van der Waals surface area contributed by atoms with Crippen LogP contribution in [0, 0.1) is 5.92 Å². The summed E-state index contributed by atoms with van der Waals surface area (Å²) in [5.74, 6) is 3.07. The molecule has 56 valence electrons.